The minimum atomic E-state index is -0.992. The highest BCUT2D eigenvalue weighted by Crippen LogP contribution is 2.42. The molecule has 0 aromatic heterocycles. The number of nitriles is 1. The Bertz CT molecular complexity index is 478. The molecule has 3 nitrogen and oxygen atoms in total. The van der Waals surface area contributed by atoms with Crippen LogP contribution in [0.2, 0.25) is 10.0 Å². The first-order valence-corrected chi connectivity index (χ1v) is 6.47. The number of halogens is 2. The molecule has 1 N–H and O–H groups in total. The molecule has 1 aliphatic rings. The summed E-state index contributed by atoms with van der Waals surface area (Å²) in [4.78, 5) is 0. The SMILES string of the molecule is N#CC1(C(O)c2cc(Cl)ccc2Cl)CCCOC1. The number of ether oxygens (including phenoxy) is 1. The van der Waals surface area contributed by atoms with Gasteiger partial charge in [-0.25, -0.2) is 0 Å². The Labute approximate surface area is 116 Å². The summed E-state index contributed by atoms with van der Waals surface area (Å²) in [5.74, 6) is 0. The molecule has 0 aliphatic carbocycles. The van der Waals surface area contributed by atoms with Gasteiger partial charge in [0.2, 0.25) is 0 Å². The van der Waals surface area contributed by atoms with Crippen LogP contribution in [-0.2, 0) is 4.74 Å². The number of hydrogen-bond donors (Lipinski definition) is 1. The molecule has 1 aromatic rings. The van der Waals surface area contributed by atoms with E-state index in [0.717, 1.165) is 6.42 Å². The molecule has 2 atom stereocenters. The van der Waals surface area contributed by atoms with Gasteiger partial charge in [-0.2, -0.15) is 5.26 Å². The van der Waals surface area contributed by atoms with Gasteiger partial charge in [0.25, 0.3) is 0 Å². The topological polar surface area (TPSA) is 53.2 Å². The van der Waals surface area contributed by atoms with Crippen molar-refractivity contribution in [1.29, 1.82) is 5.26 Å². The predicted molar refractivity (Wildman–Crippen MR) is 69.5 cm³/mol. The van der Waals surface area contributed by atoms with Crippen LogP contribution >= 0.6 is 23.2 Å². The monoisotopic (exact) mass is 285 g/mol. The Morgan fingerprint density at radius 2 is 2.22 bits per heavy atom. The molecule has 2 unspecified atom stereocenters. The first kappa shape index (κ1) is 13.6. The summed E-state index contributed by atoms with van der Waals surface area (Å²) < 4.78 is 5.33. The van der Waals surface area contributed by atoms with Crippen LogP contribution in [0.15, 0.2) is 18.2 Å². The van der Waals surface area contributed by atoms with E-state index in [2.05, 4.69) is 6.07 Å². The highest BCUT2D eigenvalue weighted by Gasteiger charge is 2.42. The lowest BCUT2D eigenvalue weighted by Crippen LogP contribution is -2.36. The largest absolute Gasteiger partial charge is 0.387 e. The zero-order valence-corrected chi connectivity index (χ0v) is 11.2. The molecular formula is C13H13Cl2NO2. The molecule has 1 aliphatic heterocycles. The third-order valence-corrected chi connectivity index (χ3v) is 3.85. The highest BCUT2D eigenvalue weighted by molar-refractivity contribution is 6.33. The van der Waals surface area contributed by atoms with Crippen LogP contribution < -0.4 is 0 Å². The van der Waals surface area contributed by atoms with Crippen molar-refractivity contribution >= 4 is 23.2 Å². The lowest BCUT2D eigenvalue weighted by Gasteiger charge is -2.35. The van der Waals surface area contributed by atoms with Crippen molar-refractivity contribution in [2.45, 2.75) is 18.9 Å². The van der Waals surface area contributed by atoms with Gasteiger partial charge >= 0.3 is 0 Å². The summed E-state index contributed by atoms with van der Waals surface area (Å²) in [6, 6.07) is 7.06. The van der Waals surface area contributed by atoms with Gasteiger partial charge in [0, 0.05) is 22.2 Å². The van der Waals surface area contributed by atoms with Gasteiger partial charge in [0.05, 0.1) is 12.7 Å². The molecule has 18 heavy (non-hydrogen) atoms. The van der Waals surface area contributed by atoms with Crippen LogP contribution in [0.25, 0.3) is 0 Å². The lowest BCUT2D eigenvalue weighted by molar-refractivity contribution is -0.0505. The van der Waals surface area contributed by atoms with Crippen LogP contribution in [0, 0.1) is 16.7 Å². The van der Waals surface area contributed by atoms with Gasteiger partial charge in [0.1, 0.15) is 11.5 Å². The average molecular weight is 286 g/mol. The van der Waals surface area contributed by atoms with Crippen molar-refractivity contribution < 1.29 is 9.84 Å². The van der Waals surface area contributed by atoms with Crippen molar-refractivity contribution in [3.8, 4) is 6.07 Å². The number of benzene rings is 1. The van der Waals surface area contributed by atoms with Gasteiger partial charge in [0.15, 0.2) is 0 Å². The van der Waals surface area contributed by atoms with E-state index in [-0.39, 0.29) is 6.61 Å². The Morgan fingerprint density at radius 3 is 2.83 bits per heavy atom. The van der Waals surface area contributed by atoms with Crippen molar-refractivity contribution in [3.63, 3.8) is 0 Å². The summed E-state index contributed by atoms with van der Waals surface area (Å²) in [6.45, 7) is 0.840. The molecule has 0 bridgehead atoms. The quantitative estimate of drug-likeness (QED) is 0.907. The van der Waals surface area contributed by atoms with E-state index in [9.17, 15) is 10.4 Å². The van der Waals surface area contributed by atoms with E-state index in [1.165, 1.54) is 0 Å². The fourth-order valence-electron chi connectivity index (χ4n) is 2.20. The number of rotatable bonds is 2. The molecule has 0 amide bonds. The van der Waals surface area contributed by atoms with Crippen molar-refractivity contribution in [3.05, 3.63) is 33.8 Å². The van der Waals surface area contributed by atoms with E-state index in [0.29, 0.717) is 28.6 Å². The van der Waals surface area contributed by atoms with Crippen LogP contribution in [-0.4, -0.2) is 18.3 Å². The van der Waals surface area contributed by atoms with E-state index in [1.807, 2.05) is 0 Å². The Hall–Kier alpha value is -0.790. The summed E-state index contributed by atoms with van der Waals surface area (Å²) >= 11 is 12.0. The highest BCUT2D eigenvalue weighted by atomic mass is 35.5. The average Bonchev–Trinajstić information content (AvgIpc) is 2.41. The maximum atomic E-state index is 10.5. The summed E-state index contributed by atoms with van der Waals surface area (Å²) in [7, 11) is 0. The molecule has 0 radical (unpaired) electrons. The molecule has 1 saturated heterocycles. The first-order valence-electron chi connectivity index (χ1n) is 5.71. The van der Waals surface area contributed by atoms with Gasteiger partial charge in [-0.05, 0) is 31.0 Å². The maximum absolute atomic E-state index is 10.5. The van der Waals surface area contributed by atoms with E-state index in [1.54, 1.807) is 18.2 Å². The molecule has 0 spiro atoms. The van der Waals surface area contributed by atoms with Crippen molar-refractivity contribution in [1.82, 2.24) is 0 Å². The second kappa shape index (κ2) is 5.46. The zero-order chi connectivity index (χ0) is 13.2. The third kappa shape index (κ3) is 2.48. The van der Waals surface area contributed by atoms with Gasteiger partial charge in [-0.3, -0.25) is 0 Å². The van der Waals surface area contributed by atoms with Gasteiger partial charge in [-0.15, -0.1) is 0 Å². The minimum Gasteiger partial charge on any atom is -0.387 e. The standard InChI is InChI=1S/C13H13Cl2NO2/c14-9-2-3-11(15)10(6-9)12(17)13(7-16)4-1-5-18-8-13/h2-3,6,12,17H,1,4-5,8H2. The molecular weight excluding hydrogens is 273 g/mol. The van der Waals surface area contributed by atoms with E-state index < -0.39 is 11.5 Å². The zero-order valence-electron chi connectivity index (χ0n) is 9.70. The number of hydrogen-bond acceptors (Lipinski definition) is 3. The summed E-state index contributed by atoms with van der Waals surface area (Å²) in [5.41, 5.74) is -0.455. The predicted octanol–water partition coefficient (Wildman–Crippen LogP) is 3.35. The van der Waals surface area contributed by atoms with E-state index >= 15 is 0 Å². The smallest absolute Gasteiger partial charge is 0.111 e. The number of aliphatic hydroxyl groups excluding tert-OH is 1. The first-order chi connectivity index (χ1) is 8.59. The van der Waals surface area contributed by atoms with Gasteiger partial charge < -0.3 is 9.84 Å². The maximum Gasteiger partial charge on any atom is 0.111 e. The molecule has 2 rings (SSSR count). The van der Waals surface area contributed by atoms with Crippen molar-refractivity contribution in [2.75, 3.05) is 13.2 Å². The molecule has 5 heteroatoms. The van der Waals surface area contributed by atoms with Crippen LogP contribution in [0.1, 0.15) is 24.5 Å². The van der Waals surface area contributed by atoms with E-state index in [4.69, 9.17) is 27.9 Å². The third-order valence-electron chi connectivity index (χ3n) is 3.27. The second-order valence-electron chi connectivity index (χ2n) is 4.49. The summed E-state index contributed by atoms with van der Waals surface area (Å²) in [5, 5.41) is 20.7. The Kier molecular flexibility index (Phi) is 4.14. The fourth-order valence-corrected chi connectivity index (χ4v) is 2.60. The molecule has 1 heterocycles. The second-order valence-corrected chi connectivity index (χ2v) is 5.34. The Balaban J connectivity index is 2.37. The van der Waals surface area contributed by atoms with Crippen LogP contribution in [0.5, 0.6) is 0 Å². The number of aliphatic hydroxyl groups is 1. The minimum absolute atomic E-state index is 0.216. The van der Waals surface area contributed by atoms with Crippen LogP contribution in [0.3, 0.4) is 0 Å². The normalized spacial score (nSPS) is 25.4. The number of nitrogens with zero attached hydrogens (tertiary/aromatic N) is 1. The lowest BCUT2D eigenvalue weighted by atomic mass is 9.76. The van der Waals surface area contributed by atoms with Gasteiger partial charge in [-0.1, -0.05) is 23.2 Å². The summed E-state index contributed by atoms with van der Waals surface area (Å²) in [6.07, 6.45) is 0.352. The van der Waals surface area contributed by atoms with Crippen LogP contribution in [0.4, 0.5) is 0 Å². The Morgan fingerprint density at radius 1 is 1.44 bits per heavy atom. The molecule has 1 fully saturated rings. The molecule has 1 aromatic carbocycles. The fraction of sp³-hybridized carbons (Fsp3) is 0.462. The molecule has 96 valence electrons. The molecule has 0 saturated carbocycles. The van der Waals surface area contributed by atoms with Crippen molar-refractivity contribution in [2.24, 2.45) is 5.41 Å².